The summed E-state index contributed by atoms with van der Waals surface area (Å²) in [6.07, 6.45) is 1.04. The van der Waals surface area contributed by atoms with E-state index in [9.17, 15) is 0 Å². The van der Waals surface area contributed by atoms with Gasteiger partial charge < -0.3 is 14.2 Å². The Kier molecular flexibility index (Phi) is 7.64. The number of hydrogen-bond acceptors (Lipinski definition) is 3. The van der Waals surface area contributed by atoms with Crippen LogP contribution in [-0.2, 0) is 22.7 Å². The van der Waals surface area contributed by atoms with Crippen LogP contribution in [0.15, 0.2) is 54.6 Å². The van der Waals surface area contributed by atoms with Crippen molar-refractivity contribution >= 4 is 0 Å². The third-order valence-electron chi connectivity index (χ3n) is 3.57. The van der Waals surface area contributed by atoms with Crippen LogP contribution in [0, 0.1) is 0 Å². The third kappa shape index (κ3) is 6.85. The van der Waals surface area contributed by atoms with E-state index < -0.39 is 0 Å². The SMILES string of the molecule is CCOCc1ccc(OCCC(C)OCc2ccccc2)cc1. The normalized spacial score (nSPS) is 12.1. The quantitative estimate of drug-likeness (QED) is 0.641. The molecule has 0 aromatic heterocycles. The number of rotatable bonds is 10. The van der Waals surface area contributed by atoms with E-state index in [0.29, 0.717) is 19.8 Å². The minimum Gasteiger partial charge on any atom is -0.493 e. The van der Waals surface area contributed by atoms with E-state index in [2.05, 4.69) is 19.1 Å². The van der Waals surface area contributed by atoms with Gasteiger partial charge in [0.2, 0.25) is 0 Å². The van der Waals surface area contributed by atoms with Gasteiger partial charge in [0.1, 0.15) is 5.75 Å². The summed E-state index contributed by atoms with van der Waals surface area (Å²) in [6.45, 7) is 6.77. The monoisotopic (exact) mass is 314 g/mol. The van der Waals surface area contributed by atoms with E-state index in [1.807, 2.05) is 49.4 Å². The average Bonchev–Trinajstić information content (AvgIpc) is 2.60. The first-order valence-electron chi connectivity index (χ1n) is 8.23. The van der Waals surface area contributed by atoms with Gasteiger partial charge in [-0.25, -0.2) is 0 Å². The van der Waals surface area contributed by atoms with Gasteiger partial charge >= 0.3 is 0 Å². The number of hydrogen-bond donors (Lipinski definition) is 0. The minimum atomic E-state index is 0.174. The third-order valence-corrected chi connectivity index (χ3v) is 3.57. The van der Waals surface area contributed by atoms with Crippen molar-refractivity contribution in [3.63, 3.8) is 0 Å². The topological polar surface area (TPSA) is 27.7 Å². The van der Waals surface area contributed by atoms with Crippen molar-refractivity contribution in [2.24, 2.45) is 0 Å². The summed E-state index contributed by atoms with van der Waals surface area (Å²) in [4.78, 5) is 0. The van der Waals surface area contributed by atoms with Crippen molar-refractivity contribution < 1.29 is 14.2 Å². The molecule has 2 rings (SSSR count). The van der Waals surface area contributed by atoms with Gasteiger partial charge in [-0.2, -0.15) is 0 Å². The summed E-state index contributed by atoms with van der Waals surface area (Å²) < 4.78 is 17.0. The van der Waals surface area contributed by atoms with Crippen LogP contribution in [0.5, 0.6) is 5.75 Å². The van der Waals surface area contributed by atoms with Crippen molar-refractivity contribution in [2.75, 3.05) is 13.2 Å². The Morgan fingerprint density at radius 1 is 0.870 bits per heavy atom. The average molecular weight is 314 g/mol. The first kappa shape index (κ1) is 17.5. The Balaban J connectivity index is 1.64. The molecule has 124 valence electrons. The molecule has 1 atom stereocenters. The molecule has 3 nitrogen and oxygen atoms in total. The molecule has 0 aliphatic heterocycles. The fourth-order valence-corrected chi connectivity index (χ4v) is 2.14. The first-order chi connectivity index (χ1) is 11.3. The summed E-state index contributed by atoms with van der Waals surface area (Å²) in [7, 11) is 0. The molecule has 23 heavy (non-hydrogen) atoms. The van der Waals surface area contributed by atoms with Gasteiger partial charge in [0, 0.05) is 13.0 Å². The van der Waals surface area contributed by atoms with Crippen molar-refractivity contribution in [3.05, 3.63) is 65.7 Å². The molecular formula is C20H26O3. The van der Waals surface area contributed by atoms with Gasteiger partial charge in [-0.3, -0.25) is 0 Å². The van der Waals surface area contributed by atoms with Crippen LogP contribution in [0.4, 0.5) is 0 Å². The Morgan fingerprint density at radius 3 is 2.26 bits per heavy atom. The minimum absolute atomic E-state index is 0.174. The van der Waals surface area contributed by atoms with Crippen molar-refractivity contribution in [1.82, 2.24) is 0 Å². The molecule has 2 aromatic rings. The van der Waals surface area contributed by atoms with Crippen molar-refractivity contribution in [3.8, 4) is 5.75 Å². The number of ether oxygens (including phenoxy) is 3. The van der Waals surface area contributed by atoms with Crippen LogP contribution in [0.25, 0.3) is 0 Å². The zero-order valence-electron chi connectivity index (χ0n) is 14.0. The summed E-state index contributed by atoms with van der Waals surface area (Å²) in [5.41, 5.74) is 2.36. The first-order valence-corrected chi connectivity index (χ1v) is 8.23. The Bertz CT molecular complexity index is 537. The van der Waals surface area contributed by atoms with Crippen LogP contribution >= 0.6 is 0 Å². The van der Waals surface area contributed by atoms with Crippen molar-refractivity contribution in [2.45, 2.75) is 39.6 Å². The largest absolute Gasteiger partial charge is 0.493 e. The molecule has 2 aromatic carbocycles. The highest BCUT2D eigenvalue weighted by molar-refractivity contribution is 5.26. The van der Waals surface area contributed by atoms with Crippen LogP contribution in [-0.4, -0.2) is 19.3 Å². The van der Waals surface area contributed by atoms with E-state index >= 15 is 0 Å². The molecule has 0 saturated heterocycles. The second kappa shape index (κ2) is 10.0. The molecule has 0 aliphatic carbocycles. The van der Waals surface area contributed by atoms with Crippen LogP contribution in [0.3, 0.4) is 0 Å². The lowest BCUT2D eigenvalue weighted by Crippen LogP contribution is -2.12. The maximum atomic E-state index is 5.83. The predicted molar refractivity (Wildman–Crippen MR) is 92.6 cm³/mol. The molecule has 0 N–H and O–H groups in total. The lowest BCUT2D eigenvalue weighted by atomic mass is 10.2. The van der Waals surface area contributed by atoms with Gasteiger partial charge in [-0.05, 0) is 37.1 Å². The maximum absolute atomic E-state index is 5.83. The van der Waals surface area contributed by atoms with Gasteiger partial charge in [0.25, 0.3) is 0 Å². The number of benzene rings is 2. The predicted octanol–water partition coefficient (Wildman–Crippen LogP) is 4.60. The Labute approximate surface area is 139 Å². The highest BCUT2D eigenvalue weighted by atomic mass is 16.5. The zero-order valence-corrected chi connectivity index (χ0v) is 14.0. The zero-order chi connectivity index (χ0) is 16.3. The molecule has 3 heteroatoms. The summed E-state index contributed by atoms with van der Waals surface area (Å²) in [5.74, 6) is 0.889. The van der Waals surface area contributed by atoms with Gasteiger partial charge in [0.05, 0.1) is 25.9 Å². The van der Waals surface area contributed by atoms with Crippen LogP contribution in [0.2, 0.25) is 0 Å². The van der Waals surface area contributed by atoms with E-state index in [1.54, 1.807) is 0 Å². The van der Waals surface area contributed by atoms with E-state index in [0.717, 1.165) is 18.8 Å². The summed E-state index contributed by atoms with van der Waals surface area (Å²) in [6, 6.07) is 18.3. The van der Waals surface area contributed by atoms with Crippen molar-refractivity contribution in [1.29, 1.82) is 0 Å². The van der Waals surface area contributed by atoms with Crippen LogP contribution < -0.4 is 4.74 Å². The molecule has 0 amide bonds. The fraction of sp³-hybridized carbons (Fsp3) is 0.400. The van der Waals surface area contributed by atoms with Gasteiger partial charge in [-0.1, -0.05) is 42.5 Å². The molecule has 0 saturated carbocycles. The van der Waals surface area contributed by atoms with E-state index in [-0.39, 0.29) is 6.10 Å². The van der Waals surface area contributed by atoms with Gasteiger partial charge in [-0.15, -0.1) is 0 Å². The van der Waals surface area contributed by atoms with Gasteiger partial charge in [0.15, 0.2) is 0 Å². The Morgan fingerprint density at radius 2 is 1.57 bits per heavy atom. The van der Waals surface area contributed by atoms with Crippen LogP contribution in [0.1, 0.15) is 31.4 Å². The highest BCUT2D eigenvalue weighted by Crippen LogP contribution is 2.14. The van der Waals surface area contributed by atoms with E-state index in [4.69, 9.17) is 14.2 Å². The maximum Gasteiger partial charge on any atom is 0.119 e. The lowest BCUT2D eigenvalue weighted by Gasteiger charge is -2.14. The summed E-state index contributed by atoms with van der Waals surface area (Å²) >= 11 is 0. The molecular weight excluding hydrogens is 288 g/mol. The smallest absolute Gasteiger partial charge is 0.119 e. The second-order valence-corrected chi connectivity index (χ2v) is 5.53. The molecule has 1 unspecified atom stereocenters. The second-order valence-electron chi connectivity index (χ2n) is 5.53. The highest BCUT2D eigenvalue weighted by Gasteiger charge is 2.04. The molecule has 0 radical (unpaired) electrons. The molecule has 0 heterocycles. The summed E-state index contributed by atoms with van der Waals surface area (Å²) in [5, 5.41) is 0. The molecule has 0 spiro atoms. The molecule has 0 fully saturated rings. The Hall–Kier alpha value is -1.84. The molecule has 0 bridgehead atoms. The fourth-order valence-electron chi connectivity index (χ4n) is 2.14. The van der Waals surface area contributed by atoms with E-state index in [1.165, 1.54) is 11.1 Å². The molecule has 0 aliphatic rings. The lowest BCUT2D eigenvalue weighted by molar-refractivity contribution is 0.0386. The standard InChI is InChI=1S/C20H26O3/c1-3-21-15-19-9-11-20(12-10-19)22-14-13-17(2)23-16-18-7-5-4-6-8-18/h4-12,17H,3,13-16H2,1-2H3.